The lowest BCUT2D eigenvalue weighted by Gasteiger charge is -2.32. The van der Waals surface area contributed by atoms with Gasteiger partial charge >= 0.3 is 14.2 Å². The van der Waals surface area contributed by atoms with Gasteiger partial charge in [0.25, 0.3) is 0 Å². The third-order valence-electron chi connectivity index (χ3n) is 12.1. The lowest BCUT2D eigenvalue weighted by atomic mass is 9.79. The van der Waals surface area contributed by atoms with Crippen molar-refractivity contribution in [3.05, 3.63) is 157 Å². The summed E-state index contributed by atoms with van der Waals surface area (Å²) in [6, 6.07) is 45.9. The smallest absolute Gasteiger partial charge is 0.399 e. The molecule has 0 spiro atoms. The van der Waals surface area contributed by atoms with Gasteiger partial charge in [0.1, 0.15) is 11.6 Å². The molecule has 6 nitrogen and oxygen atoms in total. The molecule has 2 aliphatic heterocycles. The Morgan fingerprint density at radius 2 is 0.534 bits per heavy atom. The van der Waals surface area contributed by atoms with E-state index in [4.69, 9.17) is 18.6 Å². The van der Waals surface area contributed by atoms with E-state index in [0.717, 1.165) is 56.2 Å². The van der Waals surface area contributed by atoms with Crippen LogP contribution in [0.4, 0.5) is 42.9 Å². The minimum atomic E-state index is -0.462. The van der Waals surface area contributed by atoms with Gasteiger partial charge in [0.2, 0.25) is 0 Å². The van der Waals surface area contributed by atoms with Gasteiger partial charge in [-0.2, -0.15) is 0 Å². The molecule has 0 saturated carbocycles. The number of benzene rings is 6. The highest BCUT2D eigenvalue weighted by atomic mass is 19.1. The quantitative estimate of drug-likeness (QED) is 0.136. The molecule has 0 bridgehead atoms. The highest BCUT2D eigenvalue weighted by Crippen LogP contribution is 2.41. The number of halogens is 2. The van der Waals surface area contributed by atoms with E-state index in [9.17, 15) is 8.78 Å². The first kappa shape index (κ1) is 39.6. The van der Waals surface area contributed by atoms with Crippen LogP contribution in [0.3, 0.4) is 0 Å². The first-order valence-electron chi connectivity index (χ1n) is 19.7. The zero-order valence-electron chi connectivity index (χ0n) is 34.3. The summed E-state index contributed by atoms with van der Waals surface area (Å²) in [4.78, 5) is 4.19. The molecule has 2 heterocycles. The third-order valence-corrected chi connectivity index (χ3v) is 12.1. The van der Waals surface area contributed by atoms with Gasteiger partial charge in [-0.25, -0.2) is 8.78 Å². The minimum absolute atomic E-state index is 0.322. The van der Waals surface area contributed by atoms with E-state index >= 15 is 0 Å². The minimum Gasteiger partial charge on any atom is -0.399 e. The van der Waals surface area contributed by atoms with E-state index in [1.54, 1.807) is 24.3 Å². The van der Waals surface area contributed by atoms with E-state index in [1.807, 2.05) is 17.0 Å². The second-order valence-electron chi connectivity index (χ2n) is 17.1. The van der Waals surface area contributed by atoms with Crippen LogP contribution in [0.15, 0.2) is 146 Å². The Balaban J connectivity index is 1.09. The molecule has 0 N–H and O–H groups in total. The highest BCUT2D eigenvalue weighted by Gasteiger charge is 2.52. The molecule has 8 rings (SSSR count). The standard InChI is InChI=1S/C48H48B2F2N2O4/c1-45(2)46(3,4)56-49(55-45)35-13-25-41(26-14-35)53(42-27-15-36(16-28-42)50-57-47(5,6)48(7,8)58-50)39-21-9-33(10-22-39)34-11-23-40(24-12-34)54(43-29-17-37(51)18-30-43)44-31-19-38(52)20-32-44/h9-32H,1-8H3. The van der Waals surface area contributed by atoms with Gasteiger partial charge in [0, 0.05) is 34.1 Å². The average Bonchev–Trinajstić information content (AvgIpc) is 3.56. The van der Waals surface area contributed by atoms with Crippen LogP contribution in [0.2, 0.25) is 0 Å². The maximum absolute atomic E-state index is 13.9. The summed E-state index contributed by atoms with van der Waals surface area (Å²) in [7, 11) is -0.924. The lowest BCUT2D eigenvalue weighted by Crippen LogP contribution is -2.41. The predicted molar refractivity (Wildman–Crippen MR) is 233 cm³/mol. The van der Waals surface area contributed by atoms with Gasteiger partial charge in [-0.3, -0.25) is 0 Å². The van der Waals surface area contributed by atoms with Crippen molar-refractivity contribution < 1.29 is 27.4 Å². The summed E-state index contributed by atoms with van der Waals surface area (Å²) in [5.74, 6) is -0.644. The summed E-state index contributed by atoms with van der Waals surface area (Å²) in [6.07, 6.45) is 0. The Kier molecular flexibility index (Phi) is 10.1. The van der Waals surface area contributed by atoms with Gasteiger partial charge < -0.3 is 28.4 Å². The molecule has 0 unspecified atom stereocenters. The number of hydrogen-bond donors (Lipinski definition) is 0. The van der Waals surface area contributed by atoms with Crippen LogP contribution in [0, 0.1) is 11.6 Å². The van der Waals surface area contributed by atoms with E-state index in [-0.39, 0.29) is 11.6 Å². The Bertz CT molecular complexity index is 2210. The fraction of sp³-hybridized carbons (Fsp3) is 0.250. The average molecular weight is 777 g/mol. The van der Waals surface area contributed by atoms with Crippen LogP contribution >= 0.6 is 0 Å². The molecule has 0 aromatic heterocycles. The fourth-order valence-electron chi connectivity index (χ4n) is 7.20. The molecule has 10 heteroatoms. The van der Waals surface area contributed by atoms with Crippen molar-refractivity contribution in [2.24, 2.45) is 0 Å². The zero-order valence-corrected chi connectivity index (χ0v) is 34.3. The molecule has 0 amide bonds. The van der Waals surface area contributed by atoms with Crippen molar-refractivity contribution >= 4 is 59.3 Å². The summed E-state index contributed by atoms with van der Waals surface area (Å²) in [5.41, 5.74) is 7.54. The van der Waals surface area contributed by atoms with Crippen molar-refractivity contribution in [2.75, 3.05) is 9.80 Å². The van der Waals surface area contributed by atoms with Gasteiger partial charge in [-0.1, -0.05) is 48.5 Å². The Labute approximate surface area is 341 Å². The Morgan fingerprint density at radius 3 is 0.776 bits per heavy atom. The summed E-state index contributed by atoms with van der Waals surface area (Å²) in [5, 5.41) is 0. The van der Waals surface area contributed by atoms with Gasteiger partial charge in [0.05, 0.1) is 22.4 Å². The highest BCUT2D eigenvalue weighted by molar-refractivity contribution is 6.62. The van der Waals surface area contributed by atoms with Crippen LogP contribution in [-0.4, -0.2) is 36.6 Å². The Morgan fingerprint density at radius 1 is 0.328 bits per heavy atom. The van der Waals surface area contributed by atoms with Crippen LogP contribution in [0.1, 0.15) is 55.4 Å². The topological polar surface area (TPSA) is 43.4 Å². The first-order valence-corrected chi connectivity index (χ1v) is 19.7. The fourth-order valence-corrected chi connectivity index (χ4v) is 7.20. The van der Waals surface area contributed by atoms with Gasteiger partial charge in [-0.15, -0.1) is 0 Å². The Hall–Kier alpha value is -5.25. The van der Waals surface area contributed by atoms with Crippen molar-refractivity contribution in [1.29, 1.82) is 0 Å². The molecule has 58 heavy (non-hydrogen) atoms. The van der Waals surface area contributed by atoms with E-state index < -0.39 is 36.6 Å². The van der Waals surface area contributed by atoms with Crippen LogP contribution < -0.4 is 20.7 Å². The SMILES string of the molecule is CC1(C)OB(c2ccc(N(c3ccc(B4OC(C)(C)C(C)(C)O4)cc3)c3ccc(-c4ccc(N(c5ccc(F)cc5)c5ccc(F)cc5)cc4)cc3)cc2)OC1(C)C. The molecular weight excluding hydrogens is 728 g/mol. The summed E-state index contributed by atoms with van der Waals surface area (Å²) >= 11 is 0. The normalized spacial score (nSPS) is 17.7. The molecule has 294 valence electrons. The maximum Gasteiger partial charge on any atom is 0.494 e. The molecule has 0 radical (unpaired) electrons. The number of hydrogen-bond acceptors (Lipinski definition) is 6. The maximum atomic E-state index is 13.9. The zero-order chi connectivity index (χ0) is 41.0. The van der Waals surface area contributed by atoms with Crippen molar-refractivity contribution in [3.8, 4) is 11.1 Å². The van der Waals surface area contributed by atoms with Gasteiger partial charge in [-0.05, 0) is 175 Å². The summed E-state index contributed by atoms with van der Waals surface area (Å²) < 4.78 is 53.1. The molecule has 2 fully saturated rings. The van der Waals surface area contributed by atoms with E-state index in [1.165, 1.54) is 24.3 Å². The van der Waals surface area contributed by atoms with Crippen molar-refractivity contribution in [1.82, 2.24) is 0 Å². The lowest BCUT2D eigenvalue weighted by molar-refractivity contribution is 0.00578. The van der Waals surface area contributed by atoms with Crippen LogP contribution in [-0.2, 0) is 18.6 Å². The molecule has 0 aliphatic carbocycles. The third kappa shape index (κ3) is 7.58. The molecule has 0 atom stereocenters. The first-order chi connectivity index (χ1) is 27.5. The van der Waals surface area contributed by atoms with Crippen molar-refractivity contribution in [2.45, 2.75) is 77.8 Å². The molecule has 6 aromatic carbocycles. The number of anilines is 6. The number of rotatable bonds is 9. The van der Waals surface area contributed by atoms with E-state index in [0.29, 0.717) is 0 Å². The van der Waals surface area contributed by atoms with Gasteiger partial charge in [0.15, 0.2) is 0 Å². The molecule has 2 saturated heterocycles. The predicted octanol–water partition coefficient (Wildman–Crippen LogP) is 11.2. The van der Waals surface area contributed by atoms with Crippen LogP contribution in [0.25, 0.3) is 11.1 Å². The molecular formula is C48H48B2F2N2O4. The second-order valence-corrected chi connectivity index (χ2v) is 17.1. The van der Waals surface area contributed by atoms with E-state index in [2.05, 4.69) is 145 Å². The molecule has 6 aromatic rings. The molecule has 2 aliphatic rings. The number of nitrogens with zero attached hydrogens (tertiary/aromatic N) is 2. The second kappa shape index (κ2) is 14.8. The summed E-state index contributed by atoms with van der Waals surface area (Å²) in [6.45, 7) is 16.5. The largest absolute Gasteiger partial charge is 0.494 e. The van der Waals surface area contributed by atoms with Crippen molar-refractivity contribution in [3.63, 3.8) is 0 Å². The monoisotopic (exact) mass is 776 g/mol. The van der Waals surface area contributed by atoms with Crippen LogP contribution in [0.5, 0.6) is 0 Å².